The maximum absolute atomic E-state index is 13.2. The molecule has 1 saturated heterocycles. The molecule has 2 heterocycles. The van der Waals surface area contributed by atoms with E-state index < -0.39 is 11.7 Å². The minimum absolute atomic E-state index is 0.0763. The highest BCUT2D eigenvalue weighted by Crippen LogP contribution is 2.18. The molecule has 4 amide bonds. The number of aromatic nitrogens is 1. The maximum atomic E-state index is 13.2. The molecule has 0 spiro atoms. The van der Waals surface area contributed by atoms with Gasteiger partial charge in [-0.1, -0.05) is 0 Å². The van der Waals surface area contributed by atoms with Gasteiger partial charge in [-0.25, -0.2) is 14.2 Å². The normalized spacial score (nSPS) is 13.5. The molecule has 0 radical (unpaired) electrons. The van der Waals surface area contributed by atoms with E-state index in [-0.39, 0.29) is 42.5 Å². The summed E-state index contributed by atoms with van der Waals surface area (Å²) in [5, 5.41) is 4.71. The fourth-order valence-electron chi connectivity index (χ4n) is 3.63. The Kier molecular flexibility index (Phi) is 9.34. The van der Waals surface area contributed by atoms with Gasteiger partial charge in [-0.15, -0.1) is 11.3 Å². The molecule has 12 heteroatoms. The lowest BCUT2D eigenvalue weighted by molar-refractivity contribution is -0.132. The Balaban J connectivity index is 1.51. The summed E-state index contributed by atoms with van der Waals surface area (Å²) in [5.74, 6) is -1.37. The van der Waals surface area contributed by atoms with Crippen molar-refractivity contribution in [1.29, 1.82) is 0 Å². The van der Waals surface area contributed by atoms with Gasteiger partial charge < -0.3 is 24.8 Å². The molecule has 0 bridgehead atoms. The number of ether oxygens (including phenoxy) is 1. The number of piperazine rings is 1. The van der Waals surface area contributed by atoms with Crippen LogP contribution in [-0.4, -0.2) is 88.9 Å². The van der Waals surface area contributed by atoms with Crippen molar-refractivity contribution in [1.82, 2.24) is 19.7 Å². The van der Waals surface area contributed by atoms with E-state index in [1.807, 2.05) is 0 Å². The second kappa shape index (κ2) is 12.4. The number of hydrogen-bond acceptors (Lipinski definition) is 7. The van der Waals surface area contributed by atoms with Gasteiger partial charge in [-0.2, -0.15) is 0 Å². The van der Waals surface area contributed by atoms with E-state index in [1.54, 1.807) is 36.0 Å². The summed E-state index contributed by atoms with van der Waals surface area (Å²) in [7, 11) is 0. The van der Waals surface area contributed by atoms with E-state index in [1.165, 1.54) is 40.5 Å². The molecule has 0 aliphatic carbocycles. The van der Waals surface area contributed by atoms with Crippen molar-refractivity contribution in [3.63, 3.8) is 0 Å². The molecule has 1 aromatic carbocycles. The zero-order valence-corrected chi connectivity index (χ0v) is 21.3. The SMILES string of the molecule is CCOC(=O)N1CCN(C(=O)Cc2csc(NC(=O)CN(C(=O)c3ccc(F)cc3)C(C)C)n2)CC1. The van der Waals surface area contributed by atoms with Crippen LogP contribution in [0.4, 0.5) is 14.3 Å². The van der Waals surface area contributed by atoms with E-state index in [4.69, 9.17) is 4.74 Å². The zero-order chi connectivity index (χ0) is 26.2. The summed E-state index contributed by atoms with van der Waals surface area (Å²) >= 11 is 1.19. The molecule has 194 valence electrons. The van der Waals surface area contributed by atoms with Crippen LogP contribution in [0.2, 0.25) is 0 Å². The fraction of sp³-hybridized carbons (Fsp3) is 0.458. The third-order valence-corrected chi connectivity index (χ3v) is 6.38. The van der Waals surface area contributed by atoms with Gasteiger partial charge in [0.1, 0.15) is 12.4 Å². The van der Waals surface area contributed by atoms with E-state index in [0.29, 0.717) is 43.6 Å². The number of benzene rings is 1. The highest BCUT2D eigenvalue weighted by molar-refractivity contribution is 7.13. The Labute approximate surface area is 213 Å². The first-order valence-electron chi connectivity index (χ1n) is 11.7. The number of carbonyl (C=O) groups is 4. The third-order valence-electron chi connectivity index (χ3n) is 5.58. The van der Waals surface area contributed by atoms with Crippen LogP contribution in [0.25, 0.3) is 0 Å². The molecule has 1 N–H and O–H groups in total. The van der Waals surface area contributed by atoms with Crippen molar-refractivity contribution >= 4 is 40.3 Å². The molecule has 0 atom stereocenters. The first-order chi connectivity index (χ1) is 17.2. The summed E-state index contributed by atoms with van der Waals surface area (Å²) in [6.07, 6.45) is -0.299. The first-order valence-corrected chi connectivity index (χ1v) is 12.6. The molecule has 0 saturated carbocycles. The van der Waals surface area contributed by atoms with Crippen LogP contribution in [0.15, 0.2) is 29.6 Å². The lowest BCUT2D eigenvalue weighted by atomic mass is 10.1. The molecular formula is C24H30FN5O5S. The summed E-state index contributed by atoms with van der Waals surface area (Å²) < 4.78 is 18.2. The summed E-state index contributed by atoms with van der Waals surface area (Å²) in [6.45, 7) is 7.07. The van der Waals surface area contributed by atoms with E-state index in [0.717, 1.165) is 0 Å². The first kappa shape index (κ1) is 27.1. The van der Waals surface area contributed by atoms with Crippen molar-refractivity contribution in [2.24, 2.45) is 0 Å². The standard InChI is InChI=1S/C24H30FN5O5S/c1-4-35-24(34)29-11-9-28(10-12-29)21(32)13-19-15-36-23(26-19)27-20(31)14-30(16(2)3)22(33)17-5-7-18(25)8-6-17/h5-8,15-16H,4,9-14H2,1-3H3,(H,26,27,31). The van der Waals surface area contributed by atoms with Crippen molar-refractivity contribution in [2.45, 2.75) is 33.2 Å². The Morgan fingerprint density at radius 1 is 1.11 bits per heavy atom. The molecule has 1 aliphatic heterocycles. The van der Waals surface area contributed by atoms with Gasteiger partial charge in [-0.05, 0) is 45.0 Å². The smallest absolute Gasteiger partial charge is 0.409 e. The van der Waals surface area contributed by atoms with Crippen LogP contribution in [0.3, 0.4) is 0 Å². The Morgan fingerprint density at radius 3 is 2.36 bits per heavy atom. The van der Waals surface area contributed by atoms with Gasteiger partial charge in [0.25, 0.3) is 5.91 Å². The fourth-order valence-corrected chi connectivity index (χ4v) is 4.35. The van der Waals surface area contributed by atoms with Crippen LogP contribution in [0.5, 0.6) is 0 Å². The number of nitrogens with one attached hydrogen (secondary N) is 1. The van der Waals surface area contributed by atoms with E-state index in [2.05, 4.69) is 10.3 Å². The molecular weight excluding hydrogens is 489 g/mol. The van der Waals surface area contributed by atoms with Crippen molar-refractivity contribution < 1.29 is 28.3 Å². The lowest BCUT2D eigenvalue weighted by Gasteiger charge is -2.34. The zero-order valence-electron chi connectivity index (χ0n) is 20.5. The predicted octanol–water partition coefficient (Wildman–Crippen LogP) is 2.61. The van der Waals surface area contributed by atoms with Crippen LogP contribution in [0.1, 0.15) is 36.8 Å². The number of rotatable bonds is 8. The molecule has 2 aromatic rings. The quantitative estimate of drug-likeness (QED) is 0.574. The van der Waals surface area contributed by atoms with Crippen molar-refractivity contribution in [3.05, 3.63) is 46.7 Å². The van der Waals surface area contributed by atoms with Gasteiger partial charge in [0.2, 0.25) is 11.8 Å². The van der Waals surface area contributed by atoms with Gasteiger partial charge >= 0.3 is 6.09 Å². The lowest BCUT2D eigenvalue weighted by Crippen LogP contribution is -2.51. The van der Waals surface area contributed by atoms with Gasteiger partial charge in [-0.3, -0.25) is 14.4 Å². The molecule has 3 rings (SSSR count). The highest BCUT2D eigenvalue weighted by atomic mass is 32.1. The number of anilines is 1. The molecule has 1 fully saturated rings. The minimum Gasteiger partial charge on any atom is -0.450 e. The van der Waals surface area contributed by atoms with Crippen LogP contribution >= 0.6 is 11.3 Å². The Morgan fingerprint density at radius 2 is 1.75 bits per heavy atom. The van der Waals surface area contributed by atoms with Gasteiger partial charge in [0.05, 0.1) is 18.7 Å². The largest absolute Gasteiger partial charge is 0.450 e. The van der Waals surface area contributed by atoms with Gasteiger partial charge in [0, 0.05) is 43.2 Å². The van der Waals surface area contributed by atoms with Crippen molar-refractivity contribution in [2.75, 3.05) is 44.6 Å². The van der Waals surface area contributed by atoms with Crippen molar-refractivity contribution in [3.8, 4) is 0 Å². The molecule has 36 heavy (non-hydrogen) atoms. The summed E-state index contributed by atoms with van der Waals surface area (Å²) in [6, 6.07) is 4.90. The summed E-state index contributed by atoms with van der Waals surface area (Å²) in [4.78, 5) is 58.8. The second-order valence-corrected chi connectivity index (χ2v) is 9.33. The number of carbonyl (C=O) groups excluding carboxylic acids is 4. The van der Waals surface area contributed by atoms with E-state index >= 15 is 0 Å². The second-order valence-electron chi connectivity index (χ2n) is 8.47. The van der Waals surface area contributed by atoms with Crippen LogP contribution < -0.4 is 5.32 Å². The average Bonchev–Trinajstić information content (AvgIpc) is 3.29. The van der Waals surface area contributed by atoms with Gasteiger partial charge in [0.15, 0.2) is 5.13 Å². The van der Waals surface area contributed by atoms with E-state index in [9.17, 15) is 23.6 Å². The molecule has 1 aliphatic rings. The molecule has 10 nitrogen and oxygen atoms in total. The number of nitrogens with zero attached hydrogens (tertiary/aromatic N) is 4. The Bertz CT molecular complexity index is 1080. The molecule has 1 aromatic heterocycles. The third kappa shape index (κ3) is 7.23. The van der Waals surface area contributed by atoms with Crippen LogP contribution in [-0.2, 0) is 20.7 Å². The summed E-state index contributed by atoms with van der Waals surface area (Å²) in [5.41, 5.74) is 0.812. The number of halogens is 1. The monoisotopic (exact) mass is 519 g/mol. The number of hydrogen-bond donors (Lipinski definition) is 1. The minimum atomic E-state index is -0.447. The number of amides is 4. The topological polar surface area (TPSA) is 112 Å². The Hall–Kier alpha value is -3.54. The maximum Gasteiger partial charge on any atom is 0.409 e. The molecule has 0 unspecified atom stereocenters. The van der Waals surface area contributed by atoms with Crippen LogP contribution in [0, 0.1) is 5.82 Å². The number of thiazole rings is 1. The highest BCUT2D eigenvalue weighted by Gasteiger charge is 2.26. The average molecular weight is 520 g/mol. The predicted molar refractivity (Wildman–Crippen MR) is 132 cm³/mol.